The molecule has 0 N–H and O–H groups in total. The van der Waals surface area contributed by atoms with E-state index in [2.05, 4.69) is 87.4 Å². The van der Waals surface area contributed by atoms with Crippen molar-refractivity contribution in [2.75, 3.05) is 6.54 Å². The van der Waals surface area contributed by atoms with Crippen molar-refractivity contribution in [3.63, 3.8) is 0 Å². The predicted molar refractivity (Wildman–Crippen MR) is 137 cm³/mol. The van der Waals surface area contributed by atoms with Crippen LogP contribution in [0.15, 0.2) is 54.6 Å². The highest BCUT2D eigenvalue weighted by Gasteiger charge is 2.48. The van der Waals surface area contributed by atoms with Gasteiger partial charge in [-0.1, -0.05) is 54.1 Å². The van der Waals surface area contributed by atoms with Gasteiger partial charge in [-0.3, -0.25) is 4.79 Å². The van der Waals surface area contributed by atoms with Gasteiger partial charge in [0.15, 0.2) is 0 Å². The smallest absolute Gasteiger partial charge is 0.140 e. The summed E-state index contributed by atoms with van der Waals surface area (Å²) in [5.74, 6) is 0.457. The molecule has 28 heavy (non-hydrogen) atoms. The van der Waals surface area contributed by atoms with E-state index in [1.165, 1.54) is 11.1 Å². The van der Waals surface area contributed by atoms with E-state index < -0.39 is 0 Å². The van der Waals surface area contributed by atoms with Gasteiger partial charge < -0.3 is 0 Å². The summed E-state index contributed by atoms with van der Waals surface area (Å²) in [6.45, 7) is 0.791. The molecule has 0 unspecified atom stereocenters. The van der Waals surface area contributed by atoms with E-state index in [0.717, 1.165) is 18.0 Å². The van der Waals surface area contributed by atoms with Crippen molar-refractivity contribution in [2.24, 2.45) is 5.92 Å². The molecule has 0 aliphatic carbocycles. The number of piperidine rings is 2. The Bertz CT molecular complexity index is 827. The van der Waals surface area contributed by atoms with E-state index in [4.69, 9.17) is 11.6 Å². The van der Waals surface area contributed by atoms with Crippen LogP contribution in [-0.4, -0.2) is 27.0 Å². The molecule has 2 aliphatic heterocycles. The number of Topliss-reactive ketones (excluding diaryl/α,β-unsaturated/α-hetero) is 1. The van der Waals surface area contributed by atoms with Crippen molar-refractivity contribution in [1.82, 2.24) is 8.61 Å². The van der Waals surface area contributed by atoms with Crippen LogP contribution in [0, 0.1) is 5.92 Å². The van der Waals surface area contributed by atoms with Crippen LogP contribution in [0.1, 0.15) is 36.1 Å². The summed E-state index contributed by atoms with van der Waals surface area (Å²) < 4.78 is 4.84. The monoisotopic (exact) mass is 656 g/mol. The van der Waals surface area contributed by atoms with E-state index >= 15 is 0 Å². The highest BCUT2D eigenvalue weighted by atomic mass is 127. The third kappa shape index (κ3) is 4.40. The van der Waals surface area contributed by atoms with Crippen LogP contribution in [0.5, 0.6) is 0 Å². The molecule has 8 heteroatoms. The minimum Gasteiger partial charge on any atom is -0.299 e. The van der Waals surface area contributed by atoms with Gasteiger partial charge in [0.25, 0.3) is 0 Å². The fraction of sp³-hybridized carbons (Fsp3) is 0.350. The van der Waals surface area contributed by atoms with Crippen LogP contribution in [0.2, 0.25) is 5.02 Å². The third-order valence-electron chi connectivity index (χ3n) is 5.70. The van der Waals surface area contributed by atoms with Gasteiger partial charge in [0, 0.05) is 78.4 Å². The summed E-state index contributed by atoms with van der Waals surface area (Å²) in [6, 6.07) is 19.2. The number of ketones is 1. The summed E-state index contributed by atoms with van der Waals surface area (Å²) in [5, 5.41) is 0.757. The van der Waals surface area contributed by atoms with Crippen molar-refractivity contribution in [2.45, 2.75) is 31.0 Å². The first kappa shape index (κ1) is 21.7. The Morgan fingerprint density at radius 2 is 1.61 bits per heavy atom. The lowest BCUT2D eigenvalue weighted by Crippen LogP contribution is -2.55. The topological polar surface area (TPSA) is 23.6 Å². The molecule has 4 atom stereocenters. The molecule has 4 rings (SSSR count). The molecule has 0 saturated carbocycles. The highest BCUT2D eigenvalue weighted by Crippen LogP contribution is 2.50. The summed E-state index contributed by atoms with van der Waals surface area (Å²) in [6.07, 6.45) is 1.53. The van der Waals surface area contributed by atoms with Crippen molar-refractivity contribution in [1.29, 1.82) is 0 Å². The molecule has 2 aromatic rings. The summed E-state index contributed by atoms with van der Waals surface area (Å²) in [4.78, 5) is 13.1. The van der Waals surface area contributed by atoms with E-state index in [1.807, 2.05) is 18.2 Å². The number of hydrogen-bond donors (Lipinski definition) is 0. The fourth-order valence-corrected chi connectivity index (χ4v) is 8.60. The van der Waals surface area contributed by atoms with Crippen LogP contribution >= 0.6 is 72.3 Å². The van der Waals surface area contributed by atoms with E-state index in [1.54, 1.807) is 18.2 Å². The lowest BCUT2D eigenvalue weighted by Gasteiger charge is -2.50. The molecule has 0 radical (unpaired) electrons. The van der Waals surface area contributed by atoms with Gasteiger partial charge in [0.05, 0.1) is 6.04 Å². The second kappa shape index (κ2) is 9.74. The largest absolute Gasteiger partial charge is 0.299 e. The Balaban J connectivity index is 1.66. The van der Waals surface area contributed by atoms with E-state index in [0.29, 0.717) is 12.2 Å². The molecule has 2 fully saturated rings. The van der Waals surface area contributed by atoms with Crippen molar-refractivity contribution in [3.8, 4) is 0 Å². The van der Waals surface area contributed by atoms with Gasteiger partial charge >= 0.3 is 0 Å². The van der Waals surface area contributed by atoms with Gasteiger partial charge in [0.1, 0.15) is 5.78 Å². The maximum atomic E-state index is 13.1. The number of benzene rings is 2. The first-order chi connectivity index (χ1) is 13.6. The lowest BCUT2D eigenvalue weighted by atomic mass is 9.77. The van der Waals surface area contributed by atoms with E-state index in [-0.39, 0.29) is 24.0 Å². The van der Waals surface area contributed by atoms with Gasteiger partial charge in [-0.15, -0.1) is 0 Å². The first-order valence-corrected chi connectivity index (χ1v) is 16.1. The van der Waals surface area contributed by atoms with Crippen LogP contribution in [0.3, 0.4) is 0 Å². The van der Waals surface area contributed by atoms with Crippen LogP contribution in [0.25, 0.3) is 0 Å². The van der Waals surface area contributed by atoms with Crippen molar-refractivity contribution < 1.29 is 4.79 Å². The molecule has 0 amide bonds. The fourth-order valence-electron chi connectivity index (χ4n) is 4.32. The number of halogens is 3. The Kier molecular flexibility index (Phi) is 7.55. The minimum absolute atomic E-state index is 0.0630. The first-order valence-electron chi connectivity index (χ1n) is 9.08. The predicted octanol–water partition coefficient (Wildman–Crippen LogP) is 7.08. The number of carbonyl (C=O) groups excluding carboxylic acids is 1. The molecular formula is C20H19ClI2N2OS2. The SMILES string of the molecule is O=C1C[C@@H](c2ccccc2)N(SI)[C@H]2C[C@@H](c3ccc(Cl)cc3)N(SI)C[C@@H]12. The average molecular weight is 657 g/mol. The van der Waals surface area contributed by atoms with Gasteiger partial charge in [-0.05, 0) is 47.9 Å². The molecule has 0 bridgehead atoms. The Labute approximate surface area is 203 Å². The van der Waals surface area contributed by atoms with Crippen LogP contribution in [-0.2, 0) is 4.79 Å². The summed E-state index contributed by atoms with van der Waals surface area (Å²) in [7, 11) is 3.46. The molecule has 2 saturated heterocycles. The number of rotatable bonds is 4. The zero-order valence-electron chi connectivity index (χ0n) is 14.9. The number of hydrogen-bond acceptors (Lipinski definition) is 5. The van der Waals surface area contributed by atoms with Gasteiger partial charge in [-0.2, -0.15) is 0 Å². The zero-order chi connectivity index (χ0) is 19.7. The standard InChI is InChI=1S/C20H19ClI2N2OS2/c21-15-8-6-14(7-9-15)17-10-19-16(12-24(17)27-22)20(26)11-18(25(19)28-23)13-4-2-1-3-5-13/h1-9,16-19H,10-12H2/t16-,17+,18+,19+/m1/s1. The maximum absolute atomic E-state index is 13.1. The lowest BCUT2D eigenvalue weighted by molar-refractivity contribution is -0.131. The Hall–Kier alpha value is 0.480. The van der Waals surface area contributed by atoms with Crippen LogP contribution in [0.4, 0.5) is 0 Å². The summed E-state index contributed by atoms with van der Waals surface area (Å²) >= 11 is 10.8. The molecule has 2 aliphatic rings. The highest BCUT2D eigenvalue weighted by molar-refractivity contribution is 14.2. The second-order valence-electron chi connectivity index (χ2n) is 7.17. The zero-order valence-corrected chi connectivity index (χ0v) is 21.6. The molecule has 0 spiro atoms. The van der Waals surface area contributed by atoms with Gasteiger partial charge in [0.2, 0.25) is 0 Å². The molecule has 3 nitrogen and oxygen atoms in total. The minimum atomic E-state index is 0.0630. The Morgan fingerprint density at radius 1 is 0.929 bits per heavy atom. The van der Waals surface area contributed by atoms with Crippen molar-refractivity contribution >= 4 is 78.0 Å². The van der Waals surface area contributed by atoms with Gasteiger partial charge in [-0.25, -0.2) is 8.61 Å². The van der Waals surface area contributed by atoms with Crippen molar-refractivity contribution in [3.05, 3.63) is 70.7 Å². The third-order valence-corrected chi connectivity index (χ3v) is 10.1. The number of nitrogens with zero attached hydrogens (tertiary/aromatic N) is 2. The Morgan fingerprint density at radius 3 is 2.25 bits per heavy atom. The second-order valence-corrected chi connectivity index (χ2v) is 11.1. The molecule has 148 valence electrons. The van der Waals surface area contributed by atoms with Crippen LogP contribution < -0.4 is 0 Å². The quantitative estimate of drug-likeness (QED) is 0.259. The summed E-state index contributed by atoms with van der Waals surface area (Å²) in [5.41, 5.74) is 2.49. The van der Waals surface area contributed by atoms with E-state index in [9.17, 15) is 4.79 Å². The molecular weight excluding hydrogens is 638 g/mol. The molecule has 2 heterocycles. The normalized spacial score (nSPS) is 28.9. The number of fused-ring (bicyclic) bond motifs is 1. The molecule has 2 aromatic carbocycles. The maximum Gasteiger partial charge on any atom is 0.140 e. The molecule has 0 aromatic heterocycles. The number of carbonyl (C=O) groups is 1. The average Bonchev–Trinajstić information content (AvgIpc) is 2.74.